The molecule has 0 atom stereocenters. The number of carbonyl (C=O) groups is 2. The Morgan fingerprint density at radius 3 is 2.75 bits per heavy atom. The number of thiocarbonyl (C=S) groups is 1. The Balaban J connectivity index is 1.89. The first-order chi connectivity index (χ1) is 13.4. The fourth-order valence-corrected chi connectivity index (χ4v) is 3.77. The van der Waals surface area contributed by atoms with Gasteiger partial charge in [-0.2, -0.15) is 0 Å². The number of nitrogens with one attached hydrogen (secondary N) is 1. The maximum absolute atomic E-state index is 12.4. The first kappa shape index (κ1) is 18.5. The van der Waals surface area contributed by atoms with Gasteiger partial charge in [0.15, 0.2) is 5.11 Å². The fraction of sp³-hybridized carbons (Fsp3) is 0.300. The Morgan fingerprint density at radius 1 is 1.29 bits per heavy atom. The van der Waals surface area contributed by atoms with Crippen LogP contribution < -0.4 is 10.2 Å². The number of hydrogen-bond donors (Lipinski definition) is 1. The highest BCUT2D eigenvalue weighted by Crippen LogP contribution is 2.28. The molecule has 2 aromatic rings. The number of pyridine rings is 1. The summed E-state index contributed by atoms with van der Waals surface area (Å²) in [6, 6.07) is 8.07. The second kappa shape index (κ2) is 7.29. The van der Waals surface area contributed by atoms with Crippen molar-refractivity contribution in [3.8, 4) is 0 Å². The van der Waals surface area contributed by atoms with Crippen LogP contribution in [0.1, 0.15) is 18.1 Å². The molecule has 1 N–H and O–H groups in total. The number of amides is 2. The predicted molar refractivity (Wildman–Crippen MR) is 111 cm³/mol. The Labute approximate surface area is 168 Å². The van der Waals surface area contributed by atoms with Gasteiger partial charge in [0.2, 0.25) is 5.91 Å². The maximum Gasteiger partial charge on any atom is 0.274 e. The number of fused-ring (bicyclic) bond motifs is 1. The standard InChI is InChI=1S/C20H20N4O3S/c1-12-3-4-16-14(9-12)10-15(18(21-16)23-5-7-27-8-6-23)11-17-19(26)22-20(28)24(17)13(2)25/h3-4,9-11H,5-8H2,1-2H3,(H,22,26,28)/b17-11+. The molecule has 28 heavy (non-hydrogen) atoms. The van der Waals surface area contributed by atoms with Crippen molar-refractivity contribution < 1.29 is 14.3 Å². The van der Waals surface area contributed by atoms with E-state index in [0.717, 1.165) is 27.8 Å². The Morgan fingerprint density at radius 2 is 2.04 bits per heavy atom. The van der Waals surface area contributed by atoms with Gasteiger partial charge in [0, 0.05) is 31.0 Å². The zero-order valence-corrected chi connectivity index (χ0v) is 16.5. The van der Waals surface area contributed by atoms with Crippen LogP contribution in [0.25, 0.3) is 17.0 Å². The molecule has 2 aliphatic rings. The normalized spacial score (nSPS) is 18.9. The van der Waals surface area contributed by atoms with Crippen LogP contribution in [0.4, 0.5) is 5.82 Å². The van der Waals surface area contributed by atoms with Crippen LogP contribution in [0.2, 0.25) is 0 Å². The zero-order valence-electron chi connectivity index (χ0n) is 15.7. The van der Waals surface area contributed by atoms with Crippen LogP contribution in [-0.4, -0.2) is 53.1 Å². The molecule has 0 unspecified atom stereocenters. The number of anilines is 1. The average Bonchev–Trinajstić information content (AvgIpc) is 2.95. The van der Waals surface area contributed by atoms with Gasteiger partial charge in [0.05, 0.1) is 18.7 Å². The van der Waals surface area contributed by atoms with Crippen molar-refractivity contribution in [2.75, 3.05) is 31.2 Å². The summed E-state index contributed by atoms with van der Waals surface area (Å²) in [5, 5.41) is 3.61. The molecule has 1 aromatic heterocycles. The van der Waals surface area contributed by atoms with Gasteiger partial charge < -0.3 is 9.64 Å². The van der Waals surface area contributed by atoms with Crippen molar-refractivity contribution in [1.29, 1.82) is 0 Å². The molecule has 4 rings (SSSR count). The van der Waals surface area contributed by atoms with Crippen LogP contribution in [-0.2, 0) is 14.3 Å². The number of rotatable bonds is 2. The number of carbonyl (C=O) groups excluding carboxylic acids is 2. The van der Waals surface area contributed by atoms with Crippen LogP contribution in [0.15, 0.2) is 30.0 Å². The topological polar surface area (TPSA) is 74.8 Å². The lowest BCUT2D eigenvalue weighted by molar-refractivity contribution is -0.125. The third-order valence-electron chi connectivity index (χ3n) is 4.79. The predicted octanol–water partition coefficient (Wildman–Crippen LogP) is 1.98. The number of benzene rings is 1. The molecule has 0 radical (unpaired) electrons. The molecule has 2 saturated heterocycles. The number of morpholine rings is 1. The van der Waals surface area contributed by atoms with E-state index in [0.29, 0.717) is 26.3 Å². The minimum atomic E-state index is -0.391. The molecule has 3 heterocycles. The van der Waals surface area contributed by atoms with Crippen LogP contribution in [0.3, 0.4) is 0 Å². The minimum Gasteiger partial charge on any atom is -0.378 e. The third kappa shape index (κ3) is 3.36. The van der Waals surface area contributed by atoms with E-state index in [1.165, 1.54) is 11.8 Å². The van der Waals surface area contributed by atoms with E-state index in [9.17, 15) is 9.59 Å². The maximum atomic E-state index is 12.4. The van der Waals surface area contributed by atoms with Gasteiger partial charge in [0.1, 0.15) is 11.5 Å². The summed E-state index contributed by atoms with van der Waals surface area (Å²) in [6.07, 6.45) is 1.69. The summed E-state index contributed by atoms with van der Waals surface area (Å²) in [5.74, 6) is 0.0610. The lowest BCUT2D eigenvalue weighted by Crippen LogP contribution is -2.37. The highest BCUT2D eigenvalue weighted by Gasteiger charge is 2.33. The molecule has 0 bridgehead atoms. The van der Waals surface area contributed by atoms with E-state index >= 15 is 0 Å². The van der Waals surface area contributed by atoms with Gasteiger partial charge in [-0.15, -0.1) is 0 Å². The zero-order chi connectivity index (χ0) is 19.8. The smallest absolute Gasteiger partial charge is 0.274 e. The van der Waals surface area contributed by atoms with Gasteiger partial charge in [-0.25, -0.2) is 4.98 Å². The second-order valence-electron chi connectivity index (χ2n) is 6.84. The largest absolute Gasteiger partial charge is 0.378 e. The van der Waals surface area contributed by atoms with Crippen LogP contribution >= 0.6 is 12.2 Å². The SMILES string of the molecule is CC(=O)N1C(=S)NC(=O)/C1=C\c1cc2cc(C)ccc2nc1N1CCOCC1. The van der Waals surface area contributed by atoms with Gasteiger partial charge in [-0.1, -0.05) is 11.6 Å². The highest BCUT2D eigenvalue weighted by atomic mass is 32.1. The van der Waals surface area contributed by atoms with Crippen molar-refractivity contribution in [3.63, 3.8) is 0 Å². The Hall–Kier alpha value is -2.84. The van der Waals surface area contributed by atoms with Gasteiger partial charge >= 0.3 is 0 Å². The lowest BCUT2D eigenvalue weighted by atomic mass is 10.1. The first-order valence-electron chi connectivity index (χ1n) is 9.06. The second-order valence-corrected chi connectivity index (χ2v) is 7.23. The molecule has 144 valence electrons. The first-order valence-corrected chi connectivity index (χ1v) is 9.46. The molecule has 8 heteroatoms. The molecule has 2 fully saturated rings. The molecule has 1 aromatic carbocycles. The fourth-order valence-electron chi connectivity index (χ4n) is 3.45. The molecule has 2 amide bonds. The van der Waals surface area contributed by atoms with Gasteiger partial charge in [-0.05, 0) is 43.4 Å². The van der Waals surface area contributed by atoms with Crippen LogP contribution in [0, 0.1) is 6.92 Å². The van der Waals surface area contributed by atoms with Crippen LogP contribution in [0.5, 0.6) is 0 Å². The number of aryl methyl sites for hydroxylation is 1. The van der Waals surface area contributed by atoms with E-state index < -0.39 is 5.91 Å². The Bertz CT molecular complexity index is 1030. The van der Waals surface area contributed by atoms with Crippen molar-refractivity contribution >= 4 is 51.9 Å². The van der Waals surface area contributed by atoms with Crippen molar-refractivity contribution in [2.24, 2.45) is 0 Å². The molecular weight excluding hydrogens is 376 g/mol. The summed E-state index contributed by atoms with van der Waals surface area (Å²) in [7, 11) is 0. The van der Waals surface area contributed by atoms with Gasteiger partial charge in [-0.3, -0.25) is 19.8 Å². The van der Waals surface area contributed by atoms with E-state index in [1.54, 1.807) is 6.08 Å². The van der Waals surface area contributed by atoms with Gasteiger partial charge in [0.25, 0.3) is 5.91 Å². The number of aromatic nitrogens is 1. The third-order valence-corrected chi connectivity index (χ3v) is 5.08. The molecule has 0 saturated carbocycles. The molecule has 0 aliphatic carbocycles. The number of nitrogens with zero attached hydrogens (tertiary/aromatic N) is 3. The summed E-state index contributed by atoms with van der Waals surface area (Å²) < 4.78 is 5.46. The molecule has 2 aliphatic heterocycles. The van der Waals surface area contributed by atoms with E-state index in [-0.39, 0.29) is 16.7 Å². The number of hydrogen-bond acceptors (Lipinski definition) is 6. The van der Waals surface area contributed by atoms with E-state index in [2.05, 4.69) is 16.3 Å². The average molecular weight is 396 g/mol. The summed E-state index contributed by atoms with van der Waals surface area (Å²) >= 11 is 5.13. The van der Waals surface area contributed by atoms with Crippen molar-refractivity contribution in [2.45, 2.75) is 13.8 Å². The molecule has 7 nitrogen and oxygen atoms in total. The van der Waals surface area contributed by atoms with Crippen molar-refractivity contribution in [1.82, 2.24) is 15.2 Å². The molecular formula is C20H20N4O3S. The number of ether oxygens (including phenoxy) is 1. The van der Waals surface area contributed by atoms with Crippen molar-refractivity contribution in [3.05, 3.63) is 41.1 Å². The summed E-state index contributed by atoms with van der Waals surface area (Å²) in [5.41, 5.74) is 2.98. The minimum absolute atomic E-state index is 0.0984. The van der Waals surface area contributed by atoms with E-state index in [4.69, 9.17) is 21.9 Å². The summed E-state index contributed by atoms with van der Waals surface area (Å²) in [6.45, 7) is 6.06. The highest BCUT2D eigenvalue weighted by molar-refractivity contribution is 7.80. The quantitative estimate of drug-likeness (QED) is 0.618. The molecule has 0 spiro atoms. The Kier molecular flexibility index (Phi) is 4.82. The lowest BCUT2D eigenvalue weighted by Gasteiger charge is -2.29. The monoisotopic (exact) mass is 396 g/mol. The van der Waals surface area contributed by atoms with E-state index in [1.807, 2.05) is 25.1 Å². The summed E-state index contributed by atoms with van der Waals surface area (Å²) in [4.78, 5) is 32.6.